The Kier molecular flexibility index (Phi) is 5.62. The minimum Gasteiger partial charge on any atom is -0.326 e. The molecule has 1 aromatic rings. The van der Waals surface area contributed by atoms with Crippen molar-refractivity contribution in [3.63, 3.8) is 0 Å². The fraction of sp³-hybridized carbons (Fsp3) is 0.462. The van der Waals surface area contributed by atoms with E-state index in [9.17, 15) is 4.79 Å². The molecule has 1 fully saturated rings. The van der Waals surface area contributed by atoms with E-state index in [-0.39, 0.29) is 24.1 Å². The lowest BCUT2D eigenvalue weighted by atomic mass is 9.89. The van der Waals surface area contributed by atoms with Gasteiger partial charge in [0.15, 0.2) is 5.78 Å². The Bertz CT molecular complexity index is 358. The normalized spacial score (nSPS) is 16.3. The van der Waals surface area contributed by atoms with Crippen LogP contribution in [0.4, 0.5) is 0 Å². The highest BCUT2D eigenvalue weighted by Crippen LogP contribution is 2.18. The lowest BCUT2D eigenvalue weighted by molar-refractivity contribution is 0.0895. The highest BCUT2D eigenvalue weighted by atomic mass is 35.5. The molecule has 0 bridgehead atoms. The number of carbonyl (C=O) groups excluding carboxylic acids is 1. The Morgan fingerprint density at radius 1 is 1.24 bits per heavy atom. The summed E-state index contributed by atoms with van der Waals surface area (Å²) in [6.07, 6.45) is 1.91. The number of benzene rings is 1. The number of hydrogen-bond acceptors (Lipinski definition) is 3. The van der Waals surface area contributed by atoms with Crippen molar-refractivity contribution in [2.45, 2.75) is 19.4 Å². The second-order valence-electron chi connectivity index (χ2n) is 4.29. The van der Waals surface area contributed by atoms with Gasteiger partial charge in [0.2, 0.25) is 0 Å². The van der Waals surface area contributed by atoms with Crippen LogP contribution in [-0.2, 0) is 6.54 Å². The highest BCUT2D eigenvalue weighted by molar-refractivity contribution is 5.97. The first-order valence-corrected chi connectivity index (χ1v) is 5.85. The van der Waals surface area contributed by atoms with Gasteiger partial charge in [-0.2, -0.15) is 0 Å². The molecule has 1 heterocycles. The lowest BCUT2D eigenvalue weighted by Gasteiger charge is -2.21. The molecule has 94 valence electrons. The second-order valence-corrected chi connectivity index (χ2v) is 4.29. The van der Waals surface area contributed by atoms with Crippen molar-refractivity contribution in [3.05, 3.63) is 35.4 Å². The van der Waals surface area contributed by atoms with Gasteiger partial charge >= 0.3 is 0 Å². The molecule has 1 aliphatic heterocycles. The molecular formula is C13H19ClN2O. The minimum absolute atomic E-state index is 0. The predicted octanol–water partition coefficient (Wildman–Crippen LogP) is 1.75. The Hall–Kier alpha value is -0.900. The Morgan fingerprint density at radius 2 is 1.82 bits per heavy atom. The maximum Gasteiger partial charge on any atom is 0.166 e. The van der Waals surface area contributed by atoms with Crippen LogP contribution in [0.2, 0.25) is 0 Å². The Labute approximate surface area is 108 Å². The molecule has 1 saturated heterocycles. The average molecular weight is 255 g/mol. The van der Waals surface area contributed by atoms with Gasteiger partial charge in [-0.15, -0.1) is 12.4 Å². The van der Waals surface area contributed by atoms with E-state index in [0.717, 1.165) is 37.1 Å². The van der Waals surface area contributed by atoms with Crippen LogP contribution in [0.5, 0.6) is 0 Å². The molecule has 0 amide bonds. The van der Waals surface area contributed by atoms with Gasteiger partial charge in [-0.1, -0.05) is 24.3 Å². The smallest absolute Gasteiger partial charge is 0.166 e. The van der Waals surface area contributed by atoms with Crippen LogP contribution < -0.4 is 11.1 Å². The zero-order valence-electron chi connectivity index (χ0n) is 9.82. The number of ketones is 1. The van der Waals surface area contributed by atoms with E-state index < -0.39 is 0 Å². The van der Waals surface area contributed by atoms with Gasteiger partial charge < -0.3 is 11.1 Å². The van der Waals surface area contributed by atoms with Crippen molar-refractivity contribution in [1.29, 1.82) is 0 Å². The summed E-state index contributed by atoms with van der Waals surface area (Å²) in [5.41, 5.74) is 7.42. The van der Waals surface area contributed by atoms with E-state index >= 15 is 0 Å². The van der Waals surface area contributed by atoms with E-state index in [2.05, 4.69) is 5.32 Å². The molecule has 1 aromatic carbocycles. The van der Waals surface area contributed by atoms with Crippen molar-refractivity contribution in [2.24, 2.45) is 11.7 Å². The number of piperidine rings is 1. The van der Waals surface area contributed by atoms with E-state index in [1.807, 2.05) is 24.3 Å². The molecule has 3 N–H and O–H groups in total. The van der Waals surface area contributed by atoms with Crippen molar-refractivity contribution < 1.29 is 4.79 Å². The first-order chi connectivity index (χ1) is 7.81. The van der Waals surface area contributed by atoms with Gasteiger partial charge in [0.05, 0.1) is 0 Å². The largest absolute Gasteiger partial charge is 0.326 e. The number of nitrogens with two attached hydrogens (primary N) is 1. The molecule has 4 heteroatoms. The summed E-state index contributed by atoms with van der Waals surface area (Å²) in [6, 6.07) is 7.67. The Balaban J connectivity index is 0.00000144. The summed E-state index contributed by atoms with van der Waals surface area (Å²) < 4.78 is 0. The van der Waals surface area contributed by atoms with Gasteiger partial charge in [0, 0.05) is 18.0 Å². The maximum atomic E-state index is 12.1. The fourth-order valence-electron chi connectivity index (χ4n) is 2.12. The highest BCUT2D eigenvalue weighted by Gasteiger charge is 2.21. The summed E-state index contributed by atoms with van der Waals surface area (Å²) in [6.45, 7) is 2.44. The summed E-state index contributed by atoms with van der Waals surface area (Å²) in [4.78, 5) is 12.1. The van der Waals surface area contributed by atoms with Crippen LogP contribution in [0.1, 0.15) is 28.8 Å². The van der Waals surface area contributed by atoms with Gasteiger partial charge in [-0.05, 0) is 31.5 Å². The summed E-state index contributed by atoms with van der Waals surface area (Å²) in [5, 5.41) is 3.27. The lowest BCUT2D eigenvalue weighted by Crippen LogP contribution is -2.31. The summed E-state index contributed by atoms with van der Waals surface area (Å²) in [5.74, 6) is 0.482. The van der Waals surface area contributed by atoms with Crippen molar-refractivity contribution >= 4 is 18.2 Å². The van der Waals surface area contributed by atoms with Crippen LogP contribution in [0.3, 0.4) is 0 Å². The molecule has 17 heavy (non-hydrogen) atoms. The van der Waals surface area contributed by atoms with E-state index in [1.54, 1.807) is 0 Å². The molecular weight excluding hydrogens is 236 g/mol. The Morgan fingerprint density at radius 3 is 2.35 bits per heavy atom. The van der Waals surface area contributed by atoms with E-state index in [0.29, 0.717) is 6.54 Å². The van der Waals surface area contributed by atoms with Gasteiger partial charge in [-0.25, -0.2) is 0 Å². The summed E-state index contributed by atoms with van der Waals surface area (Å²) >= 11 is 0. The van der Waals surface area contributed by atoms with Gasteiger partial charge in [0.25, 0.3) is 0 Å². The molecule has 0 radical (unpaired) electrons. The van der Waals surface area contributed by atoms with Gasteiger partial charge in [-0.3, -0.25) is 4.79 Å². The third-order valence-corrected chi connectivity index (χ3v) is 3.18. The van der Waals surface area contributed by atoms with Crippen LogP contribution in [0, 0.1) is 5.92 Å². The van der Waals surface area contributed by atoms with Crippen LogP contribution in [0.25, 0.3) is 0 Å². The third-order valence-electron chi connectivity index (χ3n) is 3.18. The van der Waals surface area contributed by atoms with Crippen LogP contribution in [-0.4, -0.2) is 18.9 Å². The molecule has 0 unspecified atom stereocenters. The first-order valence-electron chi connectivity index (χ1n) is 5.85. The monoisotopic (exact) mass is 254 g/mol. The number of rotatable bonds is 3. The molecule has 2 rings (SSSR count). The molecule has 0 saturated carbocycles. The van der Waals surface area contributed by atoms with E-state index in [1.165, 1.54) is 0 Å². The number of halogens is 1. The van der Waals surface area contributed by atoms with Crippen molar-refractivity contribution in [2.75, 3.05) is 13.1 Å². The van der Waals surface area contributed by atoms with Crippen LogP contribution >= 0.6 is 12.4 Å². The van der Waals surface area contributed by atoms with Crippen molar-refractivity contribution in [3.8, 4) is 0 Å². The fourth-order valence-corrected chi connectivity index (χ4v) is 2.12. The maximum absolute atomic E-state index is 12.1. The molecule has 0 atom stereocenters. The van der Waals surface area contributed by atoms with Crippen molar-refractivity contribution in [1.82, 2.24) is 5.32 Å². The average Bonchev–Trinajstić information content (AvgIpc) is 2.39. The number of Topliss-reactive ketones (excluding diaryl/α,β-unsaturated/α-hetero) is 1. The van der Waals surface area contributed by atoms with E-state index in [4.69, 9.17) is 5.73 Å². The second kappa shape index (κ2) is 6.74. The number of carbonyl (C=O) groups is 1. The standard InChI is InChI=1S/C13H18N2O.ClH/c14-9-10-1-3-11(4-2-10)13(16)12-5-7-15-8-6-12;/h1-4,12,15H,5-9,14H2;1H. The zero-order chi connectivity index (χ0) is 11.4. The SMILES string of the molecule is Cl.NCc1ccc(C(=O)C2CCNCC2)cc1. The molecule has 0 spiro atoms. The third kappa shape index (κ3) is 3.53. The minimum atomic E-state index is 0. The molecule has 0 aromatic heterocycles. The predicted molar refractivity (Wildman–Crippen MR) is 71.5 cm³/mol. The number of hydrogen-bond donors (Lipinski definition) is 2. The quantitative estimate of drug-likeness (QED) is 0.808. The molecule has 1 aliphatic rings. The zero-order valence-corrected chi connectivity index (χ0v) is 10.6. The van der Waals surface area contributed by atoms with Gasteiger partial charge in [0.1, 0.15) is 0 Å². The topological polar surface area (TPSA) is 55.1 Å². The molecule has 3 nitrogen and oxygen atoms in total. The molecule has 0 aliphatic carbocycles. The summed E-state index contributed by atoms with van der Waals surface area (Å²) in [7, 11) is 0. The first kappa shape index (κ1) is 14.2. The van der Waals surface area contributed by atoms with Crippen LogP contribution in [0.15, 0.2) is 24.3 Å². The number of nitrogens with one attached hydrogen (secondary N) is 1.